The summed E-state index contributed by atoms with van der Waals surface area (Å²) in [4.78, 5) is 0. The van der Waals surface area contributed by atoms with E-state index in [0.717, 1.165) is 25.7 Å². The molecule has 1 aliphatic carbocycles. The molecule has 0 spiro atoms. The lowest BCUT2D eigenvalue weighted by molar-refractivity contribution is 0.0795. The van der Waals surface area contributed by atoms with E-state index >= 15 is 0 Å². The number of alkyl halides is 2. The Labute approximate surface area is 163 Å². The van der Waals surface area contributed by atoms with Crippen molar-refractivity contribution >= 4 is 0 Å². The highest BCUT2D eigenvalue weighted by Gasteiger charge is 2.21. The molecule has 0 aromatic heterocycles. The highest BCUT2D eigenvalue weighted by atomic mass is 19.3. The Hall–Kier alpha value is -2.30. The highest BCUT2D eigenvalue weighted by molar-refractivity contribution is 5.65. The molecular weight excluding hydrogens is 368 g/mol. The van der Waals surface area contributed by atoms with Crippen LogP contribution in [0.4, 0.5) is 17.6 Å². The van der Waals surface area contributed by atoms with Gasteiger partial charge < -0.3 is 4.74 Å². The Morgan fingerprint density at radius 1 is 0.964 bits per heavy atom. The van der Waals surface area contributed by atoms with Gasteiger partial charge >= 0.3 is 0 Å². The monoisotopic (exact) mass is 392 g/mol. The van der Waals surface area contributed by atoms with E-state index in [1.165, 1.54) is 17.7 Å². The van der Waals surface area contributed by atoms with Gasteiger partial charge in [-0.2, -0.15) is 4.39 Å². The fourth-order valence-corrected chi connectivity index (χ4v) is 3.87. The summed E-state index contributed by atoms with van der Waals surface area (Å²) in [6, 6.07) is 10.0. The first-order valence-corrected chi connectivity index (χ1v) is 9.61. The molecule has 150 valence electrons. The molecule has 2 aromatic rings. The Morgan fingerprint density at radius 2 is 1.64 bits per heavy atom. The second kappa shape index (κ2) is 9.26. The molecule has 0 N–H and O–H groups in total. The number of halogens is 4. The van der Waals surface area contributed by atoms with Gasteiger partial charge in [0.25, 0.3) is 6.43 Å². The van der Waals surface area contributed by atoms with Crippen LogP contribution in [0.3, 0.4) is 0 Å². The lowest BCUT2D eigenvalue weighted by Gasteiger charge is -2.27. The molecule has 1 nitrogen and oxygen atoms in total. The van der Waals surface area contributed by atoms with Crippen molar-refractivity contribution in [2.75, 3.05) is 6.61 Å². The molecule has 1 aliphatic rings. The minimum Gasteiger partial charge on any atom is -0.484 e. The number of allylic oxidation sites excluding steroid dienone is 2. The van der Waals surface area contributed by atoms with Crippen molar-refractivity contribution in [3.8, 4) is 16.9 Å². The van der Waals surface area contributed by atoms with Crippen LogP contribution in [0.2, 0.25) is 0 Å². The average molecular weight is 392 g/mol. The van der Waals surface area contributed by atoms with Crippen molar-refractivity contribution in [3.63, 3.8) is 0 Å². The van der Waals surface area contributed by atoms with Crippen molar-refractivity contribution in [3.05, 3.63) is 65.7 Å². The van der Waals surface area contributed by atoms with Crippen LogP contribution >= 0.6 is 0 Å². The fourth-order valence-electron chi connectivity index (χ4n) is 3.87. The molecule has 0 radical (unpaired) electrons. The fraction of sp³-hybridized carbons (Fsp3) is 0.391. The molecule has 28 heavy (non-hydrogen) atoms. The van der Waals surface area contributed by atoms with Crippen LogP contribution in [-0.2, 0) is 0 Å². The van der Waals surface area contributed by atoms with Gasteiger partial charge in [0, 0.05) is 5.56 Å². The largest absolute Gasteiger partial charge is 0.484 e. The summed E-state index contributed by atoms with van der Waals surface area (Å²) < 4.78 is 57.5. The third kappa shape index (κ3) is 4.75. The number of ether oxygens (including phenoxy) is 1. The van der Waals surface area contributed by atoms with E-state index in [2.05, 4.69) is 16.9 Å². The molecule has 1 saturated carbocycles. The minimum atomic E-state index is -2.75. The molecule has 1 fully saturated rings. The summed E-state index contributed by atoms with van der Waals surface area (Å²) in [6.07, 6.45) is 6.19. The maximum atomic E-state index is 14.4. The summed E-state index contributed by atoms with van der Waals surface area (Å²) in [5, 5.41) is 0. The topological polar surface area (TPSA) is 9.23 Å². The first kappa shape index (κ1) is 20.4. The number of rotatable bonds is 6. The Kier molecular flexibility index (Phi) is 6.76. The van der Waals surface area contributed by atoms with E-state index in [0.29, 0.717) is 17.4 Å². The van der Waals surface area contributed by atoms with Gasteiger partial charge in [0.2, 0.25) is 5.82 Å². The van der Waals surface area contributed by atoms with E-state index < -0.39 is 30.4 Å². The summed E-state index contributed by atoms with van der Waals surface area (Å²) in [7, 11) is 0. The number of benzene rings is 2. The molecular formula is C23H24F4O. The van der Waals surface area contributed by atoms with Crippen molar-refractivity contribution in [2.24, 2.45) is 5.92 Å². The van der Waals surface area contributed by atoms with Crippen LogP contribution in [-0.4, -0.2) is 13.0 Å². The van der Waals surface area contributed by atoms with E-state index in [-0.39, 0.29) is 5.56 Å². The normalized spacial score (nSPS) is 20.1. The van der Waals surface area contributed by atoms with Gasteiger partial charge in [-0.1, -0.05) is 36.4 Å². The van der Waals surface area contributed by atoms with Crippen molar-refractivity contribution in [2.45, 2.75) is 45.0 Å². The van der Waals surface area contributed by atoms with Gasteiger partial charge in [-0.3, -0.25) is 0 Å². The zero-order valence-electron chi connectivity index (χ0n) is 15.8. The van der Waals surface area contributed by atoms with Gasteiger partial charge in [-0.15, -0.1) is 0 Å². The summed E-state index contributed by atoms with van der Waals surface area (Å²) >= 11 is 0. The average Bonchev–Trinajstić information content (AvgIpc) is 2.70. The molecule has 0 saturated heterocycles. The quantitative estimate of drug-likeness (QED) is 0.375. The van der Waals surface area contributed by atoms with Crippen LogP contribution in [0, 0.1) is 17.6 Å². The van der Waals surface area contributed by atoms with Crippen LogP contribution in [0.5, 0.6) is 5.75 Å². The number of hydrogen-bond donors (Lipinski definition) is 0. The summed E-state index contributed by atoms with van der Waals surface area (Å²) in [6.45, 7) is 1.07. The zero-order chi connectivity index (χ0) is 20.1. The van der Waals surface area contributed by atoms with Crippen LogP contribution in [0.1, 0.15) is 44.1 Å². The SMILES string of the molecule is C/C=C/C1CCC(c2ccc(-c3ccc(OCC(F)F)c(F)c3F)cc2)CC1. The van der Waals surface area contributed by atoms with Crippen molar-refractivity contribution in [1.29, 1.82) is 0 Å². The van der Waals surface area contributed by atoms with Crippen molar-refractivity contribution in [1.82, 2.24) is 0 Å². The first-order valence-electron chi connectivity index (χ1n) is 9.61. The molecule has 2 aromatic carbocycles. The molecule has 5 heteroatoms. The standard InChI is InChI=1S/C23H24F4O/c1-2-3-15-4-6-16(7-5-15)17-8-10-18(11-9-17)19-12-13-20(23(27)22(19)26)28-14-21(24)25/h2-3,8-13,15-16,21H,4-7,14H2,1H3/b3-2+. The van der Waals surface area contributed by atoms with Gasteiger partial charge in [-0.25, -0.2) is 13.2 Å². The Morgan fingerprint density at radius 3 is 2.25 bits per heavy atom. The molecule has 0 aliphatic heterocycles. The lowest BCUT2D eigenvalue weighted by atomic mass is 9.78. The van der Waals surface area contributed by atoms with Gasteiger partial charge in [-0.05, 0) is 67.7 Å². The third-order valence-electron chi connectivity index (χ3n) is 5.34. The second-order valence-electron chi connectivity index (χ2n) is 7.20. The smallest absolute Gasteiger partial charge is 0.272 e. The minimum absolute atomic E-state index is 0.0882. The van der Waals surface area contributed by atoms with Crippen LogP contribution < -0.4 is 4.74 Å². The van der Waals surface area contributed by atoms with Crippen LogP contribution in [0.25, 0.3) is 11.1 Å². The molecule has 0 unspecified atom stereocenters. The molecule has 0 heterocycles. The number of hydrogen-bond acceptors (Lipinski definition) is 1. The van der Waals surface area contributed by atoms with Gasteiger partial charge in [0.15, 0.2) is 11.6 Å². The van der Waals surface area contributed by atoms with Crippen molar-refractivity contribution < 1.29 is 22.3 Å². The second-order valence-corrected chi connectivity index (χ2v) is 7.20. The molecule has 0 atom stereocenters. The predicted octanol–water partition coefficient (Wildman–Crippen LogP) is 7.13. The van der Waals surface area contributed by atoms with E-state index in [1.807, 2.05) is 19.1 Å². The highest BCUT2D eigenvalue weighted by Crippen LogP contribution is 2.37. The third-order valence-corrected chi connectivity index (χ3v) is 5.34. The maximum absolute atomic E-state index is 14.4. The van der Waals surface area contributed by atoms with E-state index in [1.54, 1.807) is 12.1 Å². The zero-order valence-corrected chi connectivity index (χ0v) is 15.8. The predicted molar refractivity (Wildman–Crippen MR) is 103 cm³/mol. The van der Waals surface area contributed by atoms with E-state index in [9.17, 15) is 17.6 Å². The summed E-state index contributed by atoms with van der Waals surface area (Å²) in [5.41, 5.74) is 1.84. The first-order chi connectivity index (χ1) is 13.5. The summed E-state index contributed by atoms with van der Waals surface area (Å²) in [5.74, 6) is -1.70. The Balaban J connectivity index is 1.72. The maximum Gasteiger partial charge on any atom is 0.272 e. The molecule has 0 bridgehead atoms. The van der Waals surface area contributed by atoms with E-state index in [4.69, 9.17) is 0 Å². The Bertz CT molecular complexity index is 806. The van der Waals surface area contributed by atoms with Crippen LogP contribution in [0.15, 0.2) is 48.6 Å². The van der Waals surface area contributed by atoms with Gasteiger partial charge in [0.05, 0.1) is 0 Å². The molecule has 3 rings (SSSR count). The van der Waals surface area contributed by atoms with Gasteiger partial charge in [0.1, 0.15) is 6.61 Å². The lowest BCUT2D eigenvalue weighted by Crippen LogP contribution is -2.11. The molecule has 0 amide bonds.